The quantitative estimate of drug-likeness (QED) is 0.640. The molecular weight excluding hydrogens is 192 g/mol. The largest absolute Gasteiger partial charge is 0.479 e. The van der Waals surface area contributed by atoms with Crippen molar-refractivity contribution >= 4 is 0 Å². The summed E-state index contributed by atoms with van der Waals surface area (Å²) in [5, 5.41) is 2.94. The van der Waals surface area contributed by atoms with Gasteiger partial charge in [0.15, 0.2) is 0 Å². The Morgan fingerprint density at radius 1 is 1.38 bits per heavy atom. The normalized spacial score (nSPS) is 11.8. The maximum absolute atomic E-state index is 12.9. The van der Waals surface area contributed by atoms with Gasteiger partial charge in [-0.05, 0) is 0 Å². The molecule has 0 aliphatic carbocycles. The molecule has 1 rings (SSSR count). The first-order valence-electron chi connectivity index (χ1n) is 3.21. The summed E-state index contributed by atoms with van der Waals surface area (Å²) in [7, 11) is 2.23. The molecule has 0 unspecified atom stereocenters. The van der Waals surface area contributed by atoms with Gasteiger partial charge in [-0.25, -0.2) is 4.68 Å². The predicted octanol–water partition coefficient (Wildman–Crippen LogP) is 1.59. The summed E-state index contributed by atoms with van der Waals surface area (Å²) < 4.78 is 54.0. The summed E-state index contributed by atoms with van der Waals surface area (Å²) in [5.74, 6) is -2.02. The summed E-state index contributed by atoms with van der Waals surface area (Å²) in [6.45, 7) is 0. The lowest BCUT2D eigenvalue weighted by atomic mass is 10.4. The number of aryl methyl sites for hydroxylation is 1. The third-order valence-electron chi connectivity index (χ3n) is 1.40. The highest BCUT2D eigenvalue weighted by Crippen LogP contribution is 2.33. The Bertz CT molecular complexity index is 317. The molecule has 0 bridgehead atoms. The standard InChI is InChI=1S/C6H6F4N2O/c1-12-5(13-2)3(7)4(11-12)6(8,9)10/h1-2H3. The number of hydrogen-bond donors (Lipinski definition) is 0. The SMILES string of the molecule is COc1c(F)c(C(F)(F)F)nn1C. The van der Waals surface area contributed by atoms with Crippen LogP contribution in [0.5, 0.6) is 5.88 Å². The number of methoxy groups -OCH3 is 1. The van der Waals surface area contributed by atoms with E-state index in [1.54, 1.807) is 0 Å². The third-order valence-corrected chi connectivity index (χ3v) is 1.40. The first-order chi connectivity index (χ1) is 5.88. The van der Waals surface area contributed by atoms with Crippen molar-refractivity contribution < 1.29 is 22.3 Å². The fraction of sp³-hybridized carbons (Fsp3) is 0.500. The average molecular weight is 198 g/mol. The predicted molar refractivity (Wildman–Crippen MR) is 34.7 cm³/mol. The van der Waals surface area contributed by atoms with Crippen molar-refractivity contribution in [1.29, 1.82) is 0 Å². The van der Waals surface area contributed by atoms with Gasteiger partial charge in [0, 0.05) is 7.05 Å². The number of alkyl halides is 3. The number of rotatable bonds is 1. The zero-order valence-corrected chi connectivity index (χ0v) is 6.81. The van der Waals surface area contributed by atoms with Crippen LogP contribution in [-0.4, -0.2) is 16.9 Å². The van der Waals surface area contributed by atoms with Gasteiger partial charge in [-0.1, -0.05) is 0 Å². The van der Waals surface area contributed by atoms with Crippen molar-refractivity contribution in [2.45, 2.75) is 6.18 Å². The van der Waals surface area contributed by atoms with Gasteiger partial charge in [-0.3, -0.25) is 0 Å². The molecule has 0 N–H and O–H groups in total. The smallest absolute Gasteiger partial charge is 0.438 e. The first kappa shape index (κ1) is 9.82. The Morgan fingerprint density at radius 3 is 2.15 bits per heavy atom. The Labute approximate surface area is 70.9 Å². The highest BCUT2D eigenvalue weighted by atomic mass is 19.4. The lowest BCUT2D eigenvalue weighted by molar-refractivity contribution is -0.143. The van der Waals surface area contributed by atoms with E-state index < -0.39 is 23.6 Å². The van der Waals surface area contributed by atoms with Gasteiger partial charge >= 0.3 is 6.18 Å². The Kier molecular flexibility index (Phi) is 2.19. The molecule has 0 saturated heterocycles. The minimum atomic E-state index is -4.79. The minimum absolute atomic E-state index is 0.535. The summed E-state index contributed by atoms with van der Waals surface area (Å²) in [4.78, 5) is 0. The van der Waals surface area contributed by atoms with Gasteiger partial charge in [-0.2, -0.15) is 22.7 Å². The molecule has 1 heterocycles. The zero-order valence-electron chi connectivity index (χ0n) is 6.81. The molecule has 0 radical (unpaired) electrons. The summed E-state index contributed by atoms with van der Waals surface area (Å²) in [6.07, 6.45) is -4.79. The molecule has 0 amide bonds. The van der Waals surface area contributed by atoms with Crippen LogP contribution in [0.25, 0.3) is 0 Å². The van der Waals surface area contributed by atoms with Crippen molar-refractivity contribution in [2.24, 2.45) is 7.05 Å². The van der Waals surface area contributed by atoms with Crippen LogP contribution in [0.2, 0.25) is 0 Å². The summed E-state index contributed by atoms with van der Waals surface area (Å²) in [5.41, 5.74) is -1.56. The van der Waals surface area contributed by atoms with E-state index in [2.05, 4.69) is 9.84 Å². The van der Waals surface area contributed by atoms with Crippen LogP contribution in [0.1, 0.15) is 5.69 Å². The fourth-order valence-electron chi connectivity index (χ4n) is 0.886. The van der Waals surface area contributed by atoms with E-state index in [4.69, 9.17) is 0 Å². The molecule has 3 nitrogen and oxygen atoms in total. The van der Waals surface area contributed by atoms with Gasteiger partial charge in [0.25, 0.3) is 0 Å². The summed E-state index contributed by atoms with van der Waals surface area (Å²) >= 11 is 0. The molecule has 0 aliphatic rings. The van der Waals surface area contributed by atoms with Crippen LogP contribution in [-0.2, 0) is 13.2 Å². The molecule has 1 aromatic heterocycles. The van der Waals surface area contributed by atoms with Gasteiger partial charge < -0.3 is 4.74 Å². The number of ether oxygens (including phenoxy) is 1. The van der Waals surface area contributed by atoms with Crippen molar-refractivity contribution in [1.82, 2.24) is 9.78 Å². The average Bonchev–Trinajstić information content (AvgIpc) is 2.25. The van der Waals surface area contributed by atoms with Crippen LogP contribution >= 0.6 is 0 Å². The second kappa shape index (κ2) is 2.90. The van der Waals surface area contributed by atoms with E-state index in [0.717, 1.165) is 14.2 Å². The van der Waals surface area contributed by atoms with E-state index in [1.807, 2.05) is 0 Å². The molecule has 0 saturated carbocycles. The zero-order chi connectivity index (χ0) is 10.2. The van der Waals surface area contributed by atoms with Crippen LogP contribution in [0.3, 0.4) is 0 Å². The minimum Gasteiger partial charge on any atom is -0.479 e. The molecule has 0 atom stereocenters. The number of halogens is 4. The number of hydrogen-bond acceptors (Lipinski definition) is 2. The number of nitrogens with zero attached hydrogens (tertiary/aromatic N) is 2. The van der Waals surface area contributed by atoms with Crippen LogP contribution < -0.4 is 4.74 Å². The van der Waals surface area contributed by atoms with Crippen LogP contribution in [0.15, 0.2) is 0 Å². The third kappa shape index (κ3) is 1.58. The molecule has 0 aliphatic heterocycles. The van der Waals surface area contributed by atoms with Crippen LogP contribution in [0.4, 0.5) is 17.6 Å². The van der Waals surface area contributed by atoms with E-state index in [-0.39, 0.29) is 0 Å². The van der Waals surface area contributed by atoms with Crippen molar-refractivity contribution in [2.75, 3.05) is 7.11 Å². The summed E-state index contributed by atoms with van der Waals surface area (Å²) in [6, 6.07) is 0. The molecule has 1 aromatic rings. The second-order valence-electron chi connectivity index (χ2n) is 2.29. The molecule has 0 spiro atoms. The Hall–Kier alpha value is -1.27. The number of aromatic nitrogens is 2. The van der Waals surface area contributed by atoms with Crippen molar-refractivity contribution in [3.63, 3.8) is 0 Å². The maximum Gasteiger partial charge on any atom is 0.438 e. The fourth-order valence-corrected chi connectivity index (χ4v) is 0.886. The monoisotopic (exact) mass is 198 g/mol. The molecule has 0 aromatic carbocycles. The van der Waals surface area contributed by atoms with E-state index >= 15 is 0 Å². The van der Waals surface area contributed by atoms with Gasteiger partial charge in [0.2, 0.25) is 17.4 Å². The first-order valence-corrected chi connectivity index (χ1v) is 3.21. The molecule has 7 heteroatoms. The maximum atomic E-state index is 12.9. The van der Waals surface area contributed by atoms with E-state index in [9.17, 15) is 17.6 Å². The lowest BCUT2D eigenvalue weighted by Crippen LogP contribution is -2.08. The van der Waals surface area contributed by atoms with Crippen LogP contribution in [0, 0.1) is 5.82 Å². The van der Waals surface area contributed by atoms with Gasteiger partial charge in [-0.15, -0.1) is 0 Å². The van der Waals surface area contributed by atoms with Gasteiger partial charge in [0.05, 0.1) is 7.11 Å². The Morgan fingerprint density at radius 2 is 1.92 bits per heavy atom. The van der Waals surface area contributed by atoms with Gasteiger partial charge in [0.1, 0.15) is 0 Å². The van der Waals surface area contributed by atoms with Crippen molar-refractivity contribution in [3.8, 4) is 5.88 Å². The second-order valence-corrected chi connectivity index (χ2v) is 2.29. The topological polar surface area (TPSA) is 27.1 Å². The molecule has 0 fully saturated rings. The Balaban J connectivity index is 3.26. The highest BCUT2D eigenvalue weighted by Gasteiger charge is 2.40. The molecule has 13 heavy (non-hydrogen) atoms. The van der Waals surface area contributed by atoms with E-state index in [1.165, 1.54) is 0 Å². The molecule has 74 valence electrons. The van der Waals surface area contributed by atoms with E-state index in [0.29, 0.717) is 4.68 Å². The highest BCUT2D eigenvalue weighted by molar-refractivity contribution is 5.21. The lowest BCUT2D eigenvalue weighted by Gasteiger charge is -2.00. The van der Waals surface area contributed by atoms with Crippen molar-refractivity contribution in [3.05, 3.63) is 11.5 Å². The molecular formula is C6H6F4N2O.